The van der Waals surface area contributed by atoms with E-state index in [0.717, 1.165) is 10.9 Å². The van der Waals surface area contributed by atoms with Crippen molar-refractivity contribution in [1.82, 2.24) is 0 Å². The maximum Gasteiger partial charge on any atom is 0.339 e. The number of hydrogen-bond donors (Lipinski definition) is 2. The van der Waals surface area contributed by atoms with Gasteiger partial charge in [-0.25, -0.2) is 4.79 Å². The number of aryl methyl sites for hydroxylation is 2. The Morgan fingerprint density at radius 2 is 1.79 bits per heavy atom. The van der Waals surface area contributed by atoms with Crippen molar-refractivity contribution in [3.05, 3.63) is 57.4 Å². The van der Waals surface area contributed by atoms with Gasteiger partial charge in [0, 0.05) is 34.7 Å². The van der Waals surface area contributed by atoms with E-state index in [2.05, 4.69) is 5.32 Å². The number of methoxy groups -OCH3 is 2. The lowest BCUT2D eigenvalue weighted by Gasteiger charge is -2.12. The number of hydrogen-bond acceptors (Lipinski definition) is 6. The van der Waals surface area contributed by atoms with Crippen molar-refractivity contribution in [3.63, 3.8) is 0 Å². The van der Waals surface area contributed by atoms with Gasteiger partial charge >= 0.3 is 5.63 Å². The minimum atomic E-state index is -0.498. The minimum Gasteiger partial charge on any atom is -0.508 e. The number of nitrogens with one attached hydrogen (secondary N) is 1. The molecule has 1 amide bonds. The fourth-order valence-electron chi connectivity index (χ4n) is 3.24. The van der Waals surface area contributed by atoms with E-state index in [1.807, 2.05) is 6.92 Å². The van der Waals surface area contributed by atoms with E-state index in [1.165, 1.54) is 14.2 Å². The van der Waals surface area contributed by atoms with Crippen molar-refractivity contribution in [2.45, 2.75) is 26.7 Å². The highest BCUT2D eigenvalue weighted by atomic mass is 16.5. The van der Waals surface area contributed by atoms with Gasteiger partial charge in [-0.2, -0.15) is 0 Å². The van der Waals surface area contributed by atoms with Crippen LogP contribution in [0.5, 0.6) is 17.2 Å². The molecule has 7 heteroatoms. The standard InChI is InChI=1S/C22H23NO6/c1-12-15-6-8-17(24)13(2)21(15)29-22(26)16(12)7-10-20(25)23-14-5-9-18(27-3)19(11-14)28-4/h5-6,8-9,11,24H,7,10H2,1-4H3,(H,23,25). The molecule has 0 aliphatic carbocycles. The summed E-state index contributed by atoms with van der Waals surface area (Å²) >= 11 is 0. The van der Waals surface area contributed by atoms with Crippen LogP contribution in [0.4, 0.5) is 5.69 Å². The van der Waals surface area contributed by atoms with Crippen molar-refractivity contribution in [1.29, 1.82) is 0 Å². The summed E-state index contributed by atoms with van der Waals surface area (Å²) in [6, 6.07) is 8.36. The Morgan fingerprint density at radius 1 is 1.07 bits per heavy atom. The molecule has 3 rings (SSSR count). The van der Waals surface area contributed by atoms with Crippen molar-refractivity contribution in [2.75, 3.05) is 19.5 Å². The molecule has 1 aromatic heterocycles. The van der Waals surface area contributed by atoms with E-state index >= 15 is 0 Å². The van der Waals surface area contributed by atoms with Crippen LogP contribution in [-0.4, -0.2) is 25.2 Å². The number of benzene rings is 2. The van der Waals surface area contributed by atoms with Gasteiger partial charge in [-0.1, -0.05) is 0 Å². The fourth-order valence-corrected chi connectivity index (χ4v) is 3.24. The number of aromatic hydroxyl groups is 1. The quantitative estimate of drug-likeness (QED) is 0.616. The molecule has 0 aliphatic rings. The molecule has 0 saturated carbocycles. The van der Waals surface area contributed by atoms with Crippen molar-refractivity contribution in [3.8, 4) is 17.2 Å². The SMILES string of the molecule is COc1ccc(NC(=O)CCc2c(C)c3ccc(O)c(C)c3oc2=O)cc1OC. The zero-order chi connectivity index (χ0) is 21.1. The van der Waals surface area contributed by atoms with E-state index < -0.39 is 5.63 Å². The van der Waals surface area contributed by atoms with Gasteiger partial charge in [-0.3, -0.25) is 4.79 Å². The molecular formula is C22H23NO6. The summed E-state index contributed by atoms with van der Waals surface area (Å²) in [6.07, 6.45) is 0.353. The van der Waals surface area contributed by atoms with E-state index in [4.69, 9.17) is 13.9 Å². The predicted molar refractivity (Wildman–Crippen MR) is 110 cm³/mol. The Hall–Kier alpha value is -3.48. The van der Waals surface area contributed by atoms with Crippen LogP contribution in [0.1, 0.15) is 23.1 Å². The van der Waals surface area contributed by atoms with Crippen LogP contribution in [0.3, 0.4) is 0 Å². The van der Waals surface area contributed by atoms with Gasteiger partial charge in [0.1, 0.15) is 11.3 Å². The molecule has 0 atom stereocenters. The first-order valence-corrected chi connectivity index (χ1v) is 9.12. The zero-order valence-corrected chi connectivity index (χ0v) is 16.8. The first-order chi connectivity index (χ1) is 13.8. The van der Waals surface area contributed by atoms with Gasteiger partial charge in [0.05, 0.1) is 14.2 Å². The zero-order valence-electron chi connectivity index (χ0n) is 16.8. The van der Waals surface area contributed by atoms with Crippen LogP contribution in [0.2, 0.25) is 0 Å². The number of rotatable bonds is 6. The molecule has 29 heavy (non-hydrogen) atoms. The highest BCUT2D eigenvalue weighted by Crippen LogP contribution is 2.30. The second kappa shape index (κ2) is 8.26. The molecule has 0 aliphatic heterocycles. The Kier molecular flexibility index (Phi) is 5.77. The van der Waals surface area contributed by atoms with Crippen LogP contribution < -0.4 is 20.4 Å². The van der Waals surface area contributed by atoms with Crippen LogP contribution >= 0.6 is 0 Å². The Bertz CT molecular complexity index is 1130. The lowest BCUT2D eigenvalue weighted by molar-refractivity contribution is -0.116. The molecule has 0 unspecified atom stereocenters. The number of ether oxygens (including phenoxy) is 2. The fraction of sp³-hybridized carbons (Fsp3) is 0.273. The molecule has 3 aromatic rings. The van der Waals surface area contributed by atoms with Gasteiger partial charge in [0.25, 0.3) is 0 Å². The number of phenols is 1. The first-order valence-electron chi connectivity index (χ1n) is 9.12. The summed E-state index contributed by atoms with van der Waals surface area (Å²) in [5.41, 5.74) is 2.15. The third kappa shape index (κ3) is 4.03. The lowest BCUT2D eigenvalue weighted by atomic mass is 10.0. The Balaban J connectivity index is 1.78. The van der Waals surface area contributed by atoms with Crippen molar-refractivity contribution < 1.29 is 23.8 Å². The molecule has 0 bridgehead atoms. The number of carbonyl (C=O) groups is 1. The third-order valence-corrected chi connectivity index (χ3v) is 4.94. The molecule has 7 nitrogen and oxygen atoms in total. The largest absolute Gasteiger partial charge is 0.508 e. The summed E-state index contributed by atoms with van der Waals surface area (Å²) in [6.45, 7) is 3.51. The topological polar surface area (TPSA) is 98.0 Å². The van der Waals surface area contributed by atoms with Crippen LogP contribution in [0, 0.1) is 13.8 Å². The minimum absolute atomic E-state index is 0.0714. The van der Waals surface area contributed by atoms with Gasteiger partial charge in [0.15, 0.2) is 11.5 Å². The van der Waals surface area contributed by atoms with E-state index in [0.29, 0.717) is 33.9 Å². The number of carbonyl (C=O) groups excluding carboxylic acids is 1. The van der Waals surface area contributed by atoms with E-state index in [-0.39, 0.29) is 24.5 Å². The number of phenolic OH excluding ortho intramolecular Hbond substituents is 1. The average Bonchev–Trinajstić information content (AvgIpc) is 2.70. The lowest BCUT2D eigenvalue weighted by Crippen LogP contribution is -2.16. The van der Waals surface area contributed by atoms with Crippen LogP contribution in [0.25, 0.3) is 11.0 Å². The Labute approximate surface area is 167 Å². The summed E-state index contributed by atoms with van der Waals surface area (Å²) < 4.78 is 15.8. The third-order valence-electron chi connectivity index (χ3n) is 4.94. The maximum absolute atomic E-state index is 12.4. The molecule has 152 valence electrons. The molecular weight excluding hydrogens is 374 g/mol. The highest BCUT2D eigenvalue weighted by molar-refractivity contribution is 5.91. The van der Waals surface area contributed by atoms with Gasteiger partial charge in [-0.05, 0) is 50.1 Å². The molecule has 0 spiro atoms. The van der Waals surface area contributed by atoms with Crippen molar-refractivity contribution in [2.24, 2.45) is 0 Å². The van der Waals surface area contributed by atoms with E-state index in [1.54, 1.807) is 37.3 Å². The van der Waals surface area contributed by atoms with E-state index in [9.17, 15) is 14.7 Å². The van der Waals surface area contributed by atoms with Crippen LogP contribution in [-0.2, 0) is 11.2 Å². The smallest absolute Gasteiger partial charge is 0.339 e. The monoisotopic (exact) mass is 397 g/mol. The maximum atomic E-state index is 12.4. The molecule has 1 heterocycles. The summed E-state index contributed by atoms with van der Waals surface area (Å²) in [5.74, 6) is 0.909. The molecule has 0 saturated heterocycles. The predicted octanol–water partition coefficient (Wildman–Crippen LogP) is 3.70. The first kappa shape index (κ1) is 20.3. The second-order valence-corrected chi connectivity index (χ2v) is 6.70. The summed E-state index contributed by atoms with van der Waals surface area (Å²) in [5, 5.41) is 13.4. The molecule has 0 fully saturated rings. The summed E-state index contributed by atoms with van der Waals surface area (Å²) in [4.78, 5) is 24.8. The van der Waals surface area contributed by atoms with Crippen molar-refractivity contribution >= 4 is 22.6 Å². The summed E-state index contributed by atoms with van der Waals surface area (Å²) in [7, 11) is 3.06. The second-order valence-electron chi connectivity index (χ2n) is 6.70. The number of fused-ring (bicyclic) bond motifs is 1. The molecule has 2 aromatic carbocycles. The number of amides is 1. The molecule has 0 radical (unpaired) electrons. The number of anilines is 1. The van der Waals surface area contributed by atoms with Crippen LogP contribution in [0.15, 0.2) is 39.5 Å². The Morgan fingerprint density at radius 3 is 2.48 bits per heavy atom. The van der Waals surface area contributed by atoms with Gasteiger partial charge in [-0.15, -0.1) is 0 Å². The molecule has 2 N–H and O–H groups in total. The highest BCUT2D eigenvalue weighted by Gasteiger charge is 2.16. The normalized spacial score (nSPS) is 10.8. The average molecular weight is 397 g/mol. The van der Waals surface area contributed by atoms with Gasteiger partial charge in [0.2, 0.25) is 5.91 Å². The van der Waals surface area contributed by atoms with Gasteiger partial charge < -0.3 is 24.3 Å².